The molecule has 1 N–H and O–H groups in total. The van der Waals surface area contributed by atoms with Crippen LogP contribution in [0.1, 0.15) is 12.6 Å². The number of rotatable bonds is 2. The van der Waals surface area contributed by atoms with Gasteiger partial charge in [-0.3, -0.25) is 4.98 Å². The first-order valence-corrected chi connectivity index (χ1v) is 5.87. The number of anilines is 1. The van der Waals surface area contributed by atoms with E-state index in [-0.39, 0.29) is 0 Å². The maximum Gasteiger partial charge on any atom is 0.0755 e. The molecule has 0 fully saturated rings. The van der Waals surface area contributed by atoms with Gasteiger partial charge in [0.15, 0.2) is 0 Å². The van der Waals surface area contributed by atoms with Crippen molar-refractivity contribution in [3.63, 3.8) is 0 Å². The van der Waals surface area contributed by atoms with Gasteiger partial charge in [-0.2, -0.15) is 0 Å². The summed E-state index contributed by atoms with van der Waals surface area (Å²) in [6, 6.07) is 5.59. The second kappa shape index (κ2) is 4.48. The lowest BCUT2D eigenvalue weighted by atomic mass is 10.1. The summed E-state index contributed by atoms with van der Waals surface area (Å²) in [6.45, 7) is 2.07. The topological polar surface area (TPSA) is 24.9 Å². The van der Waals surface area contributed by atoms with Crippen LogP contribution in [0.2, 0.25) is 10.0 Å². The minimum absolute atomic E-state index is 0.611. The molecule has 16 heavy (non-hydrogen) atoms. The van der Waals surface area contributed by atoms with Gasteiger partial charge in [0.2, 0.25) is 0 Å². The van der Waals surface area contributed by atoms with Gasteiger partial charge in [-0.1, -0.05) is 30.1 Å². The molecule has 0 saturated carbocycles. The predicted molar refractivity (Wildman–Crippen MR) is 70.7 cm³/mol. The summed E-state index contributed by atoms with van der Waals surface area (Å²) in [5, 5.41) is 5.30. The van der Waals surface area contributed by atoms with Gasteiger partial charge in [0.1, 0.15) is 0 Å². The first-order chi connectivity index (χ1) is 7.65. The Bertz CT molecular complexity index is 538. The Morgan fingerprint density at radius 3 is 2.62 bits per heavy atom. The van der Waals surface area contributed by atoms with Gasteiger partial charge < -0.3 is 5.32 Å². The van der Waals surface area contributed by atoms with Gasteiger partial charge in [0.25, 0.3) is 0 Å². The lowest BCUT2D eigenvalue weighted by Gasteiger charge is -2.10. The van der Waals surface area contributed by atoms with Gasteiger partial charge in [-0.25, -0.2) is 0 Å². The van der Waals surface area contributed by atoms with Crippen LogP contribution in [0.25, 0.3) is 10.9 Å². The molecule has 0 aliphatic rings. The fraction of sp³-hybridized carbons (Fsp3) is 0.250. The van der Waals surface area contributed by atoms with Crippen molar-refractivity contribution >= 4 is 39.8 Å². The second-order valence-electron chi connectivity index (χ2n) is 3.55. The molecule has 0 unspecified atom stereocenters. The number of fused-ring (bicyclic) bond motifs is 1. The summed E-state index contributed by atoms with van der Waals surface area (Å²) in [4.78, 5) is 4.52. The average molecular weight is 255 g/mol. The fourth-order valence-corrected chi connectivity index (χ4v) is 2.30. The molecule has 2 nitrogen and oxygen atoms in total. The maximum atomic E-state index is 6.18. The molecular weight excluding hydrogens is 243 g/mol. The number of halogens is 2. The van der Waals surface area contributed by atoms with E-state index in [1.807, 2.05) is 19.2 Å². The van der Waals surface area contributed by atoms with Gasteiger partial charge in [0, 0.05) is 28.8 Å². The van der Waals surface area contributed by atoms with Crippen molar-refractivity contribution < 1.29 is 0 Å². The second-order valence-corrected chi connectivity index (χ2v) is 4.39. The molecule has 4 heteroatoms. The zero-order valence-corrected chi connectivity index (χ0v) is 10.7. The molecule has 0 amide bonds. The lowest BCUT2D eigenvalue weighted by molar-refractivity contribution is 1.06. The predicted octanol–water partition coefficient (Wildman–Crippen LogP) is 4.15. The van der Waals surface area contributed by atoms with Crippen LogP contribution in [-0.4, -0.2) is 12.0 Å². The van der Waals surface area contributed by atoms with Crippen molar-refractivity contribution in [1.82, 2.24) is 4.98 Å². The SMILES string of the molecule is CCc1cc(NC)c2c(Cl)cc(Cl)cc2n1. The number of nitrogens with zero attached hydrogens (tertiary/aromatic N) is 1. The van der Waals surface area contributed by atoms with E-state index in [0.717, 1.165) is 28.7 Å². The Morgan fingerprint density at radius 2 is 2.00 bits per heavy atom. The Morgan fingerprint density at radius 1 is 1.25 bits per heavy atom. The van der Waals surface area contributed by atoms with Crippen molar-refractivity contribution in [1.29, 1.82) is 0 Å². The number of aromatic nitrogens is 1. The van der Waals surface area contributed by atoms with E-state index in [4.69, 9.17) is 23.2 Å². The lowest BCUT2D eigenvalue weighted by Crippen LogP contribution is -1.96. The first-order valence-electron chi connectivity index (χ1n) is 5.12. The number of hydrogen-bond acceptors (Lipinski definition) is 2. The summed E-state index contributed by atoms with van der Waals surface area (Å²) >= 11 is 12.1. The van der Waals surface area contributed by atoms with E-state index in [2.05, 4.69) is 17.2 Å². The minimum Gasteiger partial charge on any atom is -0.387 e. The maximum absolute atomic E-state index is 6.18. The highest BCUT2D eigenvalue weighted by molar-refractivity contribution is 6.39. The normalized spacial score (nSPS) is 10.8. The standard InChI is InChI=1S/C12H12Cl2N2/c1-3-8-6-10(15-2)12-9(14)4-7(13)5-11(12)16-8/h4-6H,3H2,1-2H3,(H,15,16). The van der Waals surface area contributed by atoms with E-state index >= 15 is 0 Å². The van der Waals surface area contributed by atoms with Crippen molar-refractivity contribution in [2.24, 2.45) is 0 Å². The molecular formula is C12H12Cl2N2. The van der Waals surface area contributed by atoms with E-state index in [1.165, 1.54) is 0 Å². The average Bonchev–Trinajstić information content (AvgIpc) is 2.26. The molecule has 2 aromatic rings. The highest BCUT2D eigenvalue weighted by atomic mass is 35.5. The van der Waals surface area contributed by atoms with Gasteiger partial charge in [-0.15, -0.1) is 0 Å². The zero-order valence-electron chi connectivity index (χ0n) is 9.14. The molecule has 84 valence electrons. The fourth-order valence-electron chi connectivity index (χ4n) is 1.72. The van der Waals surface area contributed by atoms with Gasteiger partial charge >= 0.3 is 0 Å². The van der Waals surface area contributed by atoms with Crippen molar-refractivity contribution in [3.05, 3.63) is 33.9 Å². The van der Waals surface area contributed by atoms with E-state index in [9.17, 15) is 0 Å². The van der Waals surface area contributed by atoms with E-state index in [0.29, 0.717) is 10.0 Å². The molecule has 0 atom stereocenters. The molecule has 0 bridgehead atoms. The van der Waals surface area contributed by atoms with Crippen LogP contribution in [0.15, 0.2) is 18.2 Å². The number of nitrogens with one attached hydrogen (secondary N) is 1. The first kappa shape index (κ1) is 11.5. The monoisotopic (exact) mass is 254 g/mol. The molecule has 0 aliphatic heterocycles. The highest BCUT2D eigenvalue weighted by Crippen LogP contribution is 2.32. The van der Waals surface area contributed by atoms with Gasteiger partial charge in [0.05, 0.1) is 10.5 Å². The minimum atomic E-state index is 0.611. The summed E-state index contributed by atoms with van der Waals surface area (Å²) in [7, 11) is 1.87. The van der Waals surface area contributed by atoms with Crippen LogP contribution < -0.4 is 5.32 Å². The van der Waals surface area contributed by atoms with Crippen molar-refractivity contribution in [2.75, 3.05) is 12.4 Å². The van der Waals surface area contributed by atoms with E-state index in [1.54, 1.807) is 6.07 Å². The summed E-state index contributed by atoms with van der Waals surface area (Å²) in [5.41, 5.74) is 2.85. The van der Waals surface area contributed by atoms with Crippen LogP contribution in [0.4, 0.5) is 5.69 Å². The quantitative estimate of drug-likeness (QED) is 0.872. The molecule has 1 heterocycles. The number of hydrogen-bond donors (Lipinski definition) is 1. The zero-order chi connectivity index (χ0) is 11.7. The number of pyridine rings is 1. The Labute approximate surface area is 105 Å². The van der Waals surface area contributed by atoms with Gasteiger partial charge in [-0.05, 0) is 24.6 Å². The molecule has 1 aromatic carbocycles. The smallest absolute Gasteiger partial charge is 0.0755 e. The summed E-state index contributed by atoms with van der Waals surface area (Å²) < 4.78 is 0. The molecule has 0 spiro atoms. The Balaban J connectivity index is 2.83. The molecule has 0 aliphatic carbocycles. The highest BCUT2D eigenvalue weighted by Gasteiger charge is 2.09. The summed E-state index contributed by atoms with van der Waals surface area (Å²) in [5.74, 6) is 0. The van der Waals surface area contributed by atoms with Crippen LogP contribution in [0.3, 0.4) is 0 Å². The van der Waals surface area contributed by atoms with Crippen LogP contribution in [0, 0.1) is 0 Å². The Kier molecular flexibility index (Phi) is 3.22. The third-order valence-corrected chi connectivity index (χ3v) is 3.03. The Hall–Kier alpha value is -0.990. The molecule has 2 rings (SSSR count). The largest absolute Gasteiger partial charge is 0.387 e. The third-order valence-electron chi connectivity index (χ3n) is 2.51. The number of aryl methyl sites for hydroxylation is 1. The summed E-state index contributed by atoms with van der Waals surface area (Å²) in [6.07, 6.45) is 0.884. The van der Waals surface area contributed by atoms with Crippen LogP contribution >= 0.6 is 23.2 Å². The van der Waals surface area contributed by atoms with Crippen molar-refractivity contribution in [2.45, 2.75) is 13.3 Å². The molecule has 1 aromatic heterocycles. The molecule has 0 saturated heterocycles. The van der Waals surface area contributed by atoms with Crippen LogP contribution in [0.5, 0.6) is 0 Å². The number of benzene rings is 1. The third kappa shape index (κ3) is 1.95. The molecule has 0 radical (unpaired) electrons. The van der Waals surface area contributed by atoms with Crippen LogP contribution in [-0.2, 0) is 6.42 Å². The van der Waals surface area contributed by atoms with Crippen molar-refractivity contribution in [3.8, 4) is 0 Å². The van der Waals surface area contributed by atoms with E-state index < -0.39 is 0 Å².